The zero-order valence-electron chi connectivity index (χ0n) is 15.7. The van der Waals surface area contributed by atoms with E-state index < -0.39 is 5.91 Å². The average molecular weight is 405 g/mol. The zero-order valence-corrected chi connectivity index (χ0v) is 16.5. The molecule has 3 aromatic rings. The molecule has 0 radical (unpaired) electrons. The van der Waals surface area contributed by atoms with E-state index in [9.17, 15) is 14.4 Å². The number of anilines is 1. The van der Waals surface area contributed by atoms with Crippen LogP contribution in [0.25, 0.3) is 6.08 Å². The van der Waals surface area contributed by atoms with Crippen LogP contribution in [-0.2, 0) is 11.2 Å². The van der Waals surface area contributed by atoms with Crippen molar-refractivity contribution < 1.29 is 9.18 Å². The van der Waals surface area contributed by atoms with Crippen LogP contribution in [-0.4, -0.2) is 5.91 Å². The normalized spacial score (nSPS) is 11.0. The lowest BCUT2D eigenvalue weighted by molar-refractivity contribution is -0.112. The molecule has 0 fully saturated rings. The molecule has 0 aliphatic heterocycles. The Kier molecular flexibility index (Phi) is 6.43. The lowest BCUT2D eigenvalue weighted by Crippen LogP contribution is -2.13. The summed E-state index contributed by atoms with van der Waals surface area (Å²) in [6.07, 6.45) is 2.12. The van der Waals surface area contributed by atoms with Gasteiger partial charge in [-0.1, -0.05) is 54.1 Å². The molecule has 0 aliphatic rings. The smallest absolute Gasteiger partial charge is 0.266 e. The molecule has 5 heteroatoms. The van der Waals surface area contributed by atoms with Gasteiger partial charge in [0.05, 0.1) is 0 Å². The van der Waals surface area contributed by atoms with Gasteiger partial charge in [0.1, 0.15) is 17.5 Å². The van der Waals surface area contributed by atoms with E-state index in [0.29, 0.717) is 17.1 Å². The van der Waals surface area contributed by atoms with Crippen LogP contribution >= 0.6 is 11.6 Å². The quantitative estimate of drug-likeness (QED) is 0.423. The number of rotatable bonds is 5. The van der Waals surface area contributed by atoms with Gasteiger partial charge < -0.3 is 5.32 Å². The summed E-state index contributed by atoms with van der Waals surface area (Å²) in [5, 5.41) is 12.6. The molecular weight excluding hydrogens is 387 g/mol. The number of hydrogen-bond acceptors (Lipinski definition) is 2. The highest BCUT2D eigenvalue weighted by atomic mass is 35.5. The number of nitrogens with zero attached hydrogens (tertiary/aromatic N) is 1. The second-order valence-electron chi connectivity index (χ2n) is 6.64. The minimum absolute atomic E-state index is 0.0143. The predicted octanol–water partition coefficient (Wildman–Crippen LogP) is 5.92. The van der Waals surface area contributed by atoms with E-state index in [-0.39, 0.29) is 11.4 Å². The molecule has 0 saturated heterocycles. The van der Waals surface area contributed by atoms with Crippen molar-refractivity contribution in [1.82, 2.24) is 0 Å². The van der Waals surface area contributed by atoms with E-state index in [1.54, 1.807) is 24.3 Å². The fraction of sp³-hybridized carbons (Fsp3) is 0.0833. The van der Waals surface area contributed by atoms with Gasteiger partial charge in [0, 0.05) is 10.7 Å². The first-order chi connectivity index (χ1) is 13.9. The molecule has 3 aromatic carbocycles. The lowest BCUT2D eigenvalue weighted by atomic mass is 10.0. The topological polar surface area (TPSA) is 52.9 Å². The molecule has 3 nitrogen and oxygen atoms in total. The first-order valence-electron chi connectivity index (χ1n) is 8.97. The van der Waals surface area contributed by atoms with E-state index in [0.717, 1.165) is 22.3 Å². The maximum Gasteiger partial charge on any atom is 0.266 e. The Hall–Kier alpha value is -3.42. The van der Waals surface area contributed by atoms with E-state index in [1.807, 2.05) is 43.3 Å². The Balaban J connectivity index is 1.72. The number of aryl methyl sites for hydroxylation is 1. The summed E-state index contributed by atoms with van der Waals surface area (Å²) < 4.78 is 13.3. The van der Waals surface area contributed by atoms with Gasteiger partial charge in [-0.25, -0.2) is 4.39 Å². The molecule has 3 rings (SSSR count). The molecule has 0 atom stereocenters. The van der Waals surface area contributed by atoms with E-state index in [2.05, 4.69) is 5.32 Å². The van der Waals surface area contributed by atoms with Gasteiger partial charge in [-0.2, -0.15) is 5.26 Å². The van der Waals surface area contributed by atoms with Crippen molar-refractivity contribution in [3.05, 3.63) is 105 Å². The third kappa shape index (κ3) is 5.54. The number of halogens is 2. The number of benzene rings is 3. The van der Waals surface area contributed by atoms with Crippen molar-refractivity contribution in [3.8, 4) is 6.07 Å². The number of nitriles is 1. The van der Waals surface area contributed by atoms with Gasteiger partial charge in [-0.05, 0) is 65.9 Å². The van der Waals surface area contributed by atoms with Crippen molar-refractivity contribution >= 4 is 29.3 Å². The second-order valence-corrected chi connectivity index (χ2v) is 7.04. The summed E-state index contributed by atoms with van der Waals surface area (Å²) in [4.78, 5) is 12.4. The van der Waals surface area contributed by atoms with Crippen LogP contribution in [0.2, 0.25) is 5.02 Å². The number of amides is 1. The molecule has 1 amide bonds. The SMILES string of the molecule is Cc1ccc(NC(=O)/C(C#N)=C/c2ccc(Cc3cccc(F)c3)cc2)cc1Cl. The number of carbonyl (C=O) groups excluding carboxylic acids is 1. The van der Waals surface area contributed by atoms with Crippen LogP contribution in [0, 0.1) is 24.1 Å². The Morgan fingerprint density at radius 3 is 2.52 bits per heavy atom. The zero-order chi connectivity index (χ0) is 20.8. The van der Waals surface area contributed by atoms with Crippen LogP contribution in [0.3, 0.4) is 0 Å². The fourth-order valence-corrected chi connectivity index (χ4v) is 2.98. The highest BCUT2D eigenvalue weighted by Gasteiger charge is 2.10. The third-order valence-corrected chi connectivity index (χ3v) is 4.79. The molecular formula is C24H18ClFN2O. The largest absolute Gasteiger partial charge is 0.321 e. The van der Waals surface area contributed by atoms with Crippen molar-refractivity contribution in [2.75, 3.05) is 5.32 Å². The fourth-order valence-electron chi connectivity index (χ4n) is 2.80. The molecule has 0 saturated carbocycles. The van der Waals surface area contributed by atoms with E-state index in [1.165, 1.54) is 18.2 Å². The second kappa shape index (κ2) is 9.18. The van der Waals surface area contributed by atoms with Crippen molar-refractivity contribution in [3.63, 3.8) is 0 Å². The highest BCUT2D eigenvalue weighted by Crippen LogP contribution is 2.21. The Bertz CT molecular complexity index is 1110. The Morgan fingerprint density at radius 2 is 1.86 bits per heavy atom. The van der Waals surface area contributed by atoms with Gasteiger partial charge in [-0.3, -0.25) is 4.79 Å². The van der Waals surface area contributed by atoms with E-state index >= 15 is 0 Å². The first-order valence-corrected chi connectivity index (χ1v) is 9.35. The molecule has 0 aromatic heterocycles. The van der Waals surface area contributed by atoms with Crippen molar-refractivity contribution in [2.24, 2.45) is 0 Å². The maximum atomic E-state index is 13.3. The van der Waals surface area contributed by atoms with E-state index in [4.69, 9.17) is 11.6 Å². The van der Waals surface area contributed by atoms with Crippen LogP contribution in [0.4, 0.5) is 10.1 Å². The summed E-state index contributed by atoms with van der Waals surface area (Å²) in [7, 11) is 0. The summed E-state index contributed by atoms with van der Waals surface area (Å²) in [5.41, 5.74) is 4.02. The number of hydrogen-bond donors (Lipinski definition) is 1. The van der Waals surface area contributed by atoms with Gasteiger partial charge in [0.2, 0.25) is 0 Å². The molecule has 29 heavy (non-hydrogen) atoms. The molecule has 0 aliphatic carbocycles. The van der Waals surface area contributed by atoms with Gasteiger partial charge in [-0.15, -0.1) is 0 Å². The van der Waals surface area contributed by atoms with Crippen LogP contribution in [0.15, 0.2) is 72.3 Å². The minimum atomic E-state index is -0.503. The molecule has 1 N–H and O–H groups in total. The number of nitrogens with one attached hydrogen (secondary N) is 1. The maximum absolute atomic E-state index is 13.3. The minimum Gasteiger partial charge on any atom is -0.321 e. The van der Waals surface area contributed by atoms with Crippen LogP contribution in [0.1, 0.15) is 22.3 Å². The van der Waals surface area contributed by atoms with Crippen molar-refractivity contribution in [2.45, 2.75) is 13.3 Å². The Morgan fingerprint density at radius 1 is 1.10 bits per heavy atom. The summed E-state index contributed by atoms with van der Waals surface area (Å²) >= 11 is 6.07. The van der Waals surface area contributed by atoms with Gasteiger partial charge >= 0.3 is 0 Å². The highest BCUT2D eigenvalue weighted by molar-refractivity contribution is 6.31. The lowest BCUT2D eigenvalue weighted by Gasteiger charge is -2.06. The number of carbonyl (C=O) groups is 1. The molecule has 0 heterocycles. The summed E-state index contributed by atoms with van der Waals surface area (Å²) in [6.45, 7) is 1.87. The summed E-state index contributed by atoms with van der Waals surface area (Å²) in [6, 6.07) is 21.0. The summed E-state index contributed by atoms with van der Waals surface area (Å²) in [5.74, 6) is -0.766. The predicted molar refractivity (Wildman–Crippen MR) is 114 cm³/mol. The standard InChI is InChI=1S/C24H18ClFN2O/c1-16-5-10-22(14-23(16)25)28-24(29)20(15-27)12-18-8-6-17(7-9-18)11-19-3-2-4-21(26)13-19/h2-10,12-14H,11H2,1H3,(H,28,29)/b20-12+. The molecule has 144 valence electrons. The average Bonchev–Trinajstić information content (AvgIpc) is 2.70. The van der Waals surface area contributed by atoms with Gasteiger partial charge in [0.25, 0.3) is 5.91 Å². The van der Waals surface area contributed by atoms with Gasteiger partial charge in [0.15, 0.2) is 0 Å². The van der Waals surface area contributed by atoms with Crippen LogP contribution in [0.5, 0.6) is 0 Å². The van der Waals surface area contributed by atoms with Crippen molar-refractivity contribution in [1.29, 1.82) is 5.26 Å². The first kappa shape index (κ1) is 20.3. The molecule has 0 unspecified atom stereocenters. The molecule has 0 spiro atoms. The monoisotopic (exact) mass is 404 g/mol. The Labute approximate surface area is 174 Å². The molecule has 0 bridgehead atoms. The van der Waals surface area contributed by atoms with Crippen LogP contribution < -0.4 is 5.32 Å². The third-order valence-electron chi connectivity index (χ3n) is 4.38.